The number of benzene rings is 2. The van der Waals surface area contributed by atoms with Gasteiger partial charge in [0.1, 0.15) is 5.75 Å². The summed E-state index contributed by atoms with van der Waals surface area (Å²) >= 11 is 0. The van der Waals surface area contributed by atoms with E-state index in [-0.39, 0.29) is 5.75 Å². The van der Waals surface area contributed by atoms with Crippen molar-refractivity contribution in [2.45, 2.75) is 6.61 Å². The molecule has 0 atom stereocenters. The molecule has 0 fully saturated rings. The van der Waals surface area contributed by atoms with Crippen LogP contribution in [0.2, 0.25) is 0 Å². The Hall–Kier alpha value is -2.94. The Kier molecular flexibility index (Phi) is 6.29. The average Bonchev–Trinajstić information content (AvgIpc) is 2.52. The fourth-order valence-electron chi connectivity index (χ4n) is 2.05. The predicted molar refractivity (Wildman–Crippen MR) is 95.6 cm³/mol. The first-order valence-corrected chi connectivity index (χ1v) is 9.23. The molecule has 26 heavy (non-hydrogen) atoms. The number of carbonyl (C=O) groups is 1. The van der Waals surface area contributed by atoms with Gasteiger partial charge in [0.2, 0.25) is 15.9 Å². The van der Waals surface area contributed by atoms with Gasteiger partial charge >= 0.3 is 6.61 Å². The third kappa shape index (κ3) is 6.52. The number of hydrogen-bond acceptors (Lipinski definition) is 4. The molecule has 2 rings (SSSR count). The molecule has 0 saturated carbocycles. The SMILES string of the molecule is CS(=O)(=O)Nc1cccc(NC(=O)C=Cc2ccccc2OC(F)F)c1. The second kappa shape index (κ2) is 8.43. The number of hydrogen-bond donors (Lipinski definition) is 2. The summed E-state index contributed by atoms with van der Waals surface area (Å²) in [6.07, 6.45) is 3.51. The molecule has 0 saturated heterocycles. The fourth-order valence-corrected chi connectivity index (χ4v) is 2.60. The van der Waals surface area contributed by atoms with Crippen LogP contribution in [0.3, 0.4) is 0 Å². The Morgan fingerprint density at radius 1 is 1.12 bits per heavy atom. The zero-order chi connectivity index (χ0) is 19.2. The number of sulfonamides is 1. The van der Waals surface area contributed by atoms with Gasteiger partial charge in [0.05, 0.1) is 11.9 Å². The van der Waals surface area contributed by atoms with Gasteiger partial charge in [0, 0.05) is 17.3 Å². The maximum Gasteiger partial charge on any atom is 0.387 e. The van der Waals surface area contributed by atoms with E-state index in [1.807, 2.05) is 0 Å². The van der Waals surface area contributed by atoms with E-state index in [0.29, 0.717) is 16.9 Å². The lowest BCUT2D eigenvalue weighted by atomic mass is 10.2. The molecule has 0 aliphatic rings. The van der Waals surface area contributed by atoms with Gasteiger partial charge in [0.25, 0.3) is 0 Å². The Morgan fingerprint density at radius 3 is 2.50 bits per heavy atom. The zero-order valence-electron chi connectivity index (χ0n) is 13.6. The third-order valence-corrected chi connectivity index (χ3v) is 3.59. The number of amides is 1. The number of halogens is 2. The van der Waals surface area contributed by atoms with Crippen LogP contribution < -0.4 is 14.8 Å². The zero-order valence-corrected chi connectivity index (χ0v) is 14.5. The average molecular weight is 382 g/mol. The molecule has 138 valence electrons. The number of rotatable bonds is 7. The second-order valence-corrected chi connectivity index (χ2v) is 6.94. The van der Waals surface area contributed by atoms with Crippen molar-refractivity contribution in [2.75, 3.05) is 16.3 Å². The lowest BCUT2D eigenvalue weighted by Gasteiger charge is -2.08. The van der Waals surface area contributed by atoms with Crippen LogP contribution in [0.1, 0.15) is 5.56 Å². The Balaban J connectivity index is 2.07. The molecule has 2 aromatic carbocycles. The number of alkyl halides is 2. The Morgan fingerprint density at radius 2 is 1.81 bits per heavy atom. The van der Waals surface area contributed by atoms with Crippen LogP contribution in [-0.2, 0) is 14.8 Å². The molecule has 9 heteroatoms. The molecule has 1 amide bonds. The first-order chi connectivity index (χ1) is 12.2. The van der Waals surface area contributed by atoms with Crippen molar-refractivity contribution in [1.82, 2.24) is 0 Å². The highest BCUT2D eigenvalue weighted by atomic mass is 32.2. The normalized spacial score (nSPS) is 11.5. The van der Waals surface area contributed by atoms with Crippen molar-refractivity contribution in [3.05, 3.63) is 60.2 Å². The van der Waals surface area contributed by atoms with E-state index < -0.39 is 22.5 Å². The van der Waals surface area contributed by atoms with E-state index in [1.165, 1.54) is 36.4 Å². The number of nitrogens with one attached hydrogen (secondary N) is 2. The van der Waals surface area contributed by atoms with Gasteiger partial charge in [-0.3, -0.25) is 9.52 Å². The standard InChI is InChI=1S/C17H16F2N2O4S/c1-26(23,24)21-14-7-4-6-13(11-14)20-16(22)10-9-12-5-2-3-8-15(12)25-17(18)19/h2-11,17,21H,1H3,(H,20,22). The minimum atomic E-state index is -3.44. The van der Waals surface area contributed by atoms with Gasteiger partial charge in [-0.2, -0.15) is 8.78 Å². The largest absolute Gasteiger partial charge is 0.434 e. The smallest absolute Gasteiger partial charge is 0.387 e. The fraction of sp³-hybridized carbons (Fsp3) is 0.118. The number of carbonyl (C=O) groups excluding carboxylic acids is 1. The number of anilines is 2. The highest BCUT2D eigenvalue weighted by Gasteiger charge is 2.08. The molecule has 0 heterocycles. The van der Waals surface area contributed by atoms with Crippen molar-refractivity contribution in [3.63, 3.8) is 0 Å². The molecule has 0 aliphatic carbocycles. The Bertz CT molecular complexity index is 914. The molecule has 0 aliphatic heterocycles. The minimum Gasteiger partial charge on any atom is -0.434 e. The molecule has 0 unspecified atom stereocenters. The van der Waals surface area contributed by atoms with Crippen molar-refractivity contribution in [1.29, 1.82) is 0 Å². The number of para-hydroxylation sites is 1. The van der Waals surface area contributed by atoms with E-state index in [9.17, 15) is 22.0 Å². The predicted octanol–water partition coefficient (Wildman–Crippen LogP) is 3.31. The lowest BCUT2D eigenvalue weighted by Crippen LogP contribution is -2.11. The quantitative estimate of drug-likeness (QED) is 0.720. The molecular formula is C17H16F2N2O4S. The van der Waals surface area contributed by atoms with Gasteiger partial charge in [-0.25, -0.2) is 8.42 Å². The highest BCUT2D eigenvalue weighted by Crippen LogP contribution is 2.22. The van der Waals surface area contributed by atoms with Crippen LogP contribution in [0.4, 0.5) is 20.2 Å². The number of ether oxygens (including phenoxy) is 1. The first-order valence-electron chi connectivity index (χ1n) is 7.34. The molecule has 0 bridgehead atoms. The summed E-state index contributed by atoms with van der Waals surface area (Å²) in [5, 5.41) is 2.55. The summed E-state index contributed by atoms with van der Waals surface area (Å²) in [5.74, 6) is -0.570. The molecular weight excluding hydrogens is 366 g/mol. The van der Waals surface area contributed by atoms with Crippen LogP contribution >= 0.6 is 0 Å². The summed E-state index contributed by atoms with van der Waals surface area (Å²) in [7, 11) is -3.44. The summed E-state index contributed by atoms with van der Waals surface area (Å²) < 4.78 is 53.9. The third-order valence-electron chi connectivity index (χ3n) is 2.98. The molecule has 0 spiro atoms. The van der Waals surface area contributed by atoms with Crippen LogP contribution in [-0.4, -0.2) is 27.2 Å². The van der Waals surface area contributed by atoms with Crippen molar-refractivity contribution in [3.8, 4) is 5.75 Å². The molecule has 0 radical (unpaired) electrons. The molecule has 2 aromatic rings. The van der Waals surface area contributed by atoms with Crippen molar-refractivity contribution >= 4 is 33.4 Å². The lowest BCUT2D eigenvalue weighted by molar-refractivity contribution is -0.111. The molecule has 2 N–H and O–H groups in total. The summed E-state index contributed by atoms with van der Waals surface area (Å²) in [5.41, 5.74) is 0.978. The summed E-state index contributed by atoms with van der Waals surface area (Å²) in [4.78, 5) is 12.0. The van der Waals surface area contributed by atoms with E-state index in [1.54, 1.807) is 18.2 Å². The minimum absolute atomic E-state index is 0.0501. The highest BCUT2D eigenvalue weighted by molar-refractivity contribution is 7.92. The second-order valence-electron chi connectivity index (χ2n) is 5.19. The van der Waals surface area contributed by atoms with Crippen LogP contribution in [0.25, 0.3) is 6.08 Å². The summed E-state index contributed by atoms with van der Waals surface area (Å²) in [6.45, 7) is -2.97. The van der Waals surface area contributed by atoms with Gasteiger partial charge in [-0.15, -0.1) is 0 Å². The first kappa shape index (κ1) is 19.4. The maximum atomic E-state index is 12.4. The van der Waals surface area contributed by atoms with E-state index in [2.05, 4.69) is 14.8 Å². The van der Waals surface area contributed by atoms with Crippen LogP contribution in [0, 0.1) is 0 Å². The molecule has 6 nitrogen and oxygen atoms in total. The molecule has 0 aromatic heterocycles. The van der Waals surface area contributed by atoms with E-state index in [4.69, 9.17) is 0 Å². The van der Waals surface area contributed by atoms with Crippen molar-refractivity contribution in [2.24, 2.45) is 0 Å². The van der Waals surface area contributed by atoms with E-state index in [0.717, 1.165) is 12.3 Å². The Labute approximate surface area is 149 Å². The maximum absolute atomic E-state index is 12.4. The van der Waals surface area contributed by atoms with Crippen LogP contribution in [0.15, 0.2) is 54.6 Å². The van der Waals surface area contributed by atoms with Gasteiger partial charge < -0.3 is 10.1 Å². The monoisotopic (exact) mass is 382 g/mol. The van der Waals surface area contributed by atoms with Gasteiger partial charge in [-0.1, -0.05) is 24.3 Å². The van der Waals surface area contributed by atoms with Gasteiger partial charge in [0.15, 0.2) is 0 Å². The van der Waals surface area contributed by atoms with Crippen LogP contribution in [0.5, 0.6) is 5.75 Å². The van der Waals surface area contributed by atoms with Crippen molar-refractivity contribution < 1.29 is 26.7 Å². The summed E-state index contributed by atoms with van der Waals surface area (Å²) in [6, 6.07) is 12.2. The van der Waals surface area contributed by atoms with Gasteiger partial charge in [-0.05, 0) is 30.3 Å². The topological polar surface area (TPSA) is 84.5 Å². The van der Waals surface area contributed by atoms with E-state index >= 15 is 0 Å².